The highest BCUT2D eigenvalue weighted by Crippen LogP contribution is 2.39. The van der Waals surface area contributed by atoms with Crippen molar-refractivity contribution in [2.45, 2.75) is 44.4 Å². The van der Waals surface area contributed by atoms with Crippen molar-refractivity contribution < 1.29 is 0 Å². The van der Waals surface area contributed by atoms with Crippen molar-refractivity contribution in [1.29, 1.82) is 0 Å². The molecule has 0 unspecified atom stereocenters. The summed E-state index contributed by atoms with van der Waals surface area (Å²) >= 11 is 0. The maximum Gasteiger partial charge on any atom is 0.0226 e. The molecule has 0 spiro atoms. The number of rotatable bonds is 3. The van der Waals surface area contributed by atoms with Crippen molar-refractivity contribution in [3.8, 4) is 0 Å². The molecule has 0 saturated heterocycles. The predicted octanol–water partition coefficient (Wildman–Crippen LogP) is 2.35. The van der Waals surface area contributed by atoms with E-state index >= 15 is 0 Å². The van der Waals surface area contributed by atoms with E-state index in [1.165, 1.54) is 37.1 Å². The summed E-state index contributed by atoms with van der Waals surface area (Å²) in [5.41, 5.74) is 8.91. The molecule has 1 aliphatic carbocycles. The van der Waals surface area contributed by atoms with Gasteiger partial charge in [0, 0.05) is 23.3 Å². The molecule has 78 valence electrons. The fourth-order valence-corrected chi connectivity index (χ4v) is 2.59. The summed E-state index contributed by atoms with van der Waals surface area (Å²) in [6.07, 6.45) is 6.26. The predicted molar refractivity (Wildman–Crippen MR) is 59.4 cm³/mol. The van der Waals surface area contributed by atoms with E-state index in [-0.39, 0.29) is 5.41 Å². The Morgan fingerprint density at radius 3 is 2.57 bits per heavy atom. The Kier molecular flexibility index (Phi) is 2.64. The fraction of sp³-hybridized carbons (Fsp3) is 0.667. The number of nitrogens with two attached hydrogens (primary N) is 1. The van der Waals surface area contributed by atoms with E-state index in [4.69, 9.17) is 5.73 Å². The minimum Gasteiger partial charge on any atom is -0.362 e. The lowest BCUT2D eigenvalue weighted by atomic mass is 9.83. The number of H-pyrrole nitrogens is 1. The molecule has 1 fully saturated rings. The van der Waals surface area contributed by atoms with Gasteiger partial charge in [0.2, 0.25) is 0 Å². The molecule has 0 amide bonds. The number of aryl methyl sites for hydroxylation is 1. The van der Waals surface area contributed by atoms with Crippen LogP contribution in [0.3, 0.4) is 0 Å². The monoisotopic (exact) mass is 192 g/mol. The Labute approximate surface area is 85.9 Å². The molecule has 0 aliphatic heterocycles. The highest BCUT2D eigenvalue weighted by Gasteiger charge is 2.35. The first-order chi connectivity index (χ1) is 6.80. The minimum atomic E-state index is 0.271. The lowest BCUT2D eigenvalue weighted by Gasteiger charge is -2.26. The van der Waals surface area contributed by atoms with Gasteiger partial charge in [0.15, 0.2) is 0 Å². The van der Waals surface area contributed by atoms with Crippen LogP contribution in [0, 0.1) is 0 Å². The van der Waals surface area contributed by atoms with Crippen LogP contribution in [0.4, 0.5) is 0 Å². The van der Waals surface area contributed by atoms with Crippen molar-refractivity contribution in [3.05, 3.63) is 23.5 Å². The number of nitrogens with one attached hydrogen (secondary N) is 1. The molecule has 1 aromatic heterocycles. The van der Waals surface area contributed by atoms with E-state index in [0.717, 1.165) is 13.0 Å². The van der Waals surface area contributed by atoms with E-state index in [9.17, 15) is 0 Å². The van der Waals surface area contributed by atoms with Crippen molar-refractivity contribution in [2.24, 2.45) is 5.73 Å². The molecular weight excluding hydrogens is 172 g/mol. The first-order valence-corrected chi connectivity index (χ1v) is 5.69. The molecule has 2 heteroatoms. The quantitative estimate of drug-likeness (QED) is 0.758. The molecule has 2 rings (SSSR count). The largest absolute Gasteiger partial charge is 0.362 e. The lowest BCUT2D eigenvalue weighted by Crippen LogP contribution is -2.32. The van der Waals surface area contributed by atoms with Crippen LogP contribution in [0.5, 0.6) is 0 Å². The van der Waals surface area contributed by atoms with Gasteiger partial charge in [-0.15, -0.1) is 0 Å². The molecule has 1 heterocycles. The topological polar surface area (TPSA) is 41.8 Å². The molecule has 0 bridgehead atoms. The Balaban J connectivity index is 2.26. The van der Waals surface area contributed by atoms with Crippen LogP contribution in [-0.2, 0) is 11.8 Å². The van der Waals surface area contributed by atoms with Crippen LogP contribution in [0.2, 0.25) is 0 Å². The first kappa shape index (κ1) is 9.78. The first-order valence-electron chi connectivity index (χ1n) is 5.69. The normalized spacial score (nSPS) is 20.1. The standard InChI is InChI=1S/C12H20N2/c1-2-10-5-6-11(14-10)12(9-13)7-3-4-8-12/h5-6,14H,2-4,7-9,13H2,1H3. The van der Waals surface area contributed by atoms with Crippen molar-refractivity contribution in [2.75, 3.05) is 6.54 Å². The average molecular weight is 192 g/mol. The Morgan fingerprint density at radius 1 is 1.36 bits per heavy atom. The second-order valence-corrected chi connectivity index (χ2v) is 4.44. The molecule has 14 heavy (non-hydrogen) atoms. The Bertz CT molecular complexity index is 295. The zero-order valence-corrected chi connectivity index (χ0v) is 8.97. The molecule has 0 atom stereocenters. The molecule has 0 aromatic carbocycles. The molecular formula is C12H20N2. The molecule has 1 aromatic rings. The number of aromatic amines is 1. The second-order valence-electron chi connectivity index (χ2n) is 4.44. The smallest absolute Gasteiger partial charge is 0.0226 e. The maximum atomic E-state index is 5.93. The van der Waals surface area contributed by atoms with E-state index < -0.39 is 0 Å². The van der Waals surface area contributed by atoms with Gasteiger partial charge in [-0.1, -0.05) is 19.8 Å². The van der Waals surface area contributed by atoms with Crippen LogP contribution in [-0.4, -0.2) is 11.5 Å². The van der Waals surface area contributed by atoms with Gasteiger partial charge in [0.1, 0.15) is 0 Å². The summed E-state index contributed by atoms with van der Waals surface area (Å²) in [5, 5.41) is 0. The lowest BCUT2D eigenvalue weighted by molar-refractivity contribution is 0.441. The zero-order chi connectivity index (χ0) is 10.0. The highest BCUT2D eigenvalue weighted by atomic mass is 14.8. The van der Waals surface area contributed by atoms with Gasteiger partial charge >= 0.3 is 0 Å². The van der Waals surface area contributed by atoms with Gasteiger partial charge in [-0.2, -0.15) is 0 Å². The van der Waals surface area contributed by atoms with E-state index in [2.05, 4.69) is 24.0 Å². The summed E-state index contributed by atoms with van der Waals surface area (Å²) in [5.74, 6) is 0. The third-order valence-electron chi connectivity index (χ3n) is 3.65. The molecule has 2 nitrogen and oxygen atoms in total. The third kappa shape index (κ3) is 1.48. The summed E-state index contributed by atoms with van der Waals surface area (Å²) in [6.45, 7) is 2.97. The zero-order valence-electron chi connectivity index (χ0n) is 8.97. The van der Waals surface area contributed by atoms with E-state index in [0.29, 0.717) is 0 Å². The van der Waals surface area contributed by atoms with E-state index in [1.54, 1.807) is 0 Å². The number of aromatic nitrogens is 1. The molecule has 0 radical (unpaired) electrons. The SMILES string of the molecule is CCc1ccc(C2(CN)CCCC2)[nH]1. The summed E-state index contributed by atoms with van der Waals surface area (Å²) in [7, 11) is 0. The number of hydrogen-bond acceptors (Lipinski definition) is 1. The van der Waals surface area contributed by atoms with Crippen LogP contribution in [0.15, 0.2) is 12.1 Å². The molecule has 3 N–H and O–H groups in total. The van der Waals surface area contributed by atoms with Gasteiger partial charge in [-0.3, -0.25) is 0 Å². The van der Waals surface area contributed by atoms with Crippen LogP contribution in [0.25, 0.3) is 0 Å². The van der Waals surface area contributed by atoms with Gasteiger partial charge in [-0.05, 0) is 31.4 Å². The van der Waals surface area contributed by atoms with Gasteiger partial charge < -0.3 is 10.7 Å². The summed E-state index contributed by atoms with van der Waals surface area (Å²) in [4.78, 5) is 3.52. The van der Waals surface area contributed by atoms with Crippen LogP contribution in [0.1, 0.15) is 44.0 Å². The molecule has 1 saturated carbocycles. The fourth-order valence-electron chi connectivity index (χ4n) is 2.59. The summed E-state index contributed by atoms with van der Waals surface area (Å²) < 4.78 is 0. The minimum absolute atomic E-state index is 0.271. The Morgan fingerprint density at radius 2 is 2.07 bits per heavy atom. The second kappa shape index (κ2) is 3.77. The van der Waals surface area contributed by atoms with Gasteiger partial charge in [0.05, 0.1) is 0 Å². The number of hydrogen-bond donors (Lipinski definition) is 2. The van der Waals surface area contributed by atoms with Crippen LogP contribution < -0.4 is 5.73 Å². The van der Waals surface area contributed by atoms with Gasteiger partial charge in [0.25, 0.3) is 0 Å². The average Bonchev–Trinajstić information content (AvgIpc) is 2.87. The van der Waals surface area contributed by atoms with Crippen LogP contribution >= 0.6 is 0 Å². The maximum absolute atomic E-state index is 5.93. The summed E-state index contributed by atoms with van der Waals surface area (Å²) in [6, 6.07) is 4.43. The van der Waals surface area contributed by atoms with Crippen molar-refractivity contribution >= 4 is 0 Å². The highest BCUT2D eigenvalue weighted by molar-refractivity contribution is 5.24. The Hall–Kier alpha value is -0.760. The van der Waals surface area contributed by atoms with Gasteiger partial charge in [-0.25, -0.2) is 0 Å². The van der Waals surface area contributed by atoms with Crippen molar-refractivity contribution in [1.82, 2.24) is 4.98 Å². The third-order valence-corrected chi connectivity index (χ3v) is 3.65. The molecule has 1 aliphatic rings. The van der Waals surface area contributed by atoms with E-state index in [1.807, 2.05) is 0 Å². The van der Waals surface area contributed by atoms with Crippen molar-refractivity contribution in [3.63, 3.8) is 0 Å².